The zero-order valence-corrected chi connectivity index (χ0v) is 19.8. The molecule has 5 nitrogen and oxygen atoms in total. The van der Waals surface area contributed by atoms with E-state index in [1.807, 2.05) is 13.8 Å². The first-order valence-corrected chi connectivity index (χ1v) is 13.3. The number of aryl methyl sites for hydroxylation is 4. The van der Waals surface area contributed by atoms with Crippen molar-refractivity contribution in [2.24, 2.45) is 0 Å². The summed E-state index contributed by atoms with van der Waals surface area (Å²) in [6.07, 6.45) is 0. The van der Waals surface area contributed by atoms with Crippen molar-refractivity contribution < 1.29 is 16.8 Å². The van der Waals surface area contributed by atoms with E-state index in [4.69, 9.17) is 0 Å². The lowest BCUT2D eigenvalue weighted by molar-refractivity contribution is 0.569. The SMILES string of the molecule is Cc1ccc(S(=O)(=O)[C@@H](CNS(=O)(=O)c2c(C)cc(C)cc2C)c2cccs2)cc1. The van der Waals surface area contributed by atoms with E-state index in [-0.39, 0.29) is 16.3 Å². The number of hydrogen-bond acceptors (Lipinski definition) is 5. The van der Waals surface area contributed by atoms with Gasteiger partial charge in [0.25, 0.3) is 0 Å². The Kier molecular flexibility index (Phi) is 6.52. The fraction of sp³-hybridized carbons (Fsp3) is 0.273. The third-order valence-corrected chi connectivity index (χ3v) is 9.88. The minimum atomic E-state index is -3.88. The molecule has 0 unspecified atom stereocenters. The predicted molar refractivity (Wildman–Crippen MR) is 121 cm³/mol. The molecule has 30 heavy (non-hydrogen) atoms. The molecule has 0 radical (unpaired) electrons. The summed E-state index contributed by atoms with van der Waals surface area (Å²) in [6.45, 7) is 7.03. The van der Waals surface area contributed by atoms with E-state index in [1.165, 1.54) is 11.3 Å². The van der Waals surface area contributed by atoms with Gasteiger partial charge in [0.1, 0.15) is 5.25 Å². The predicted octanol–water partition coefficient (Wildman–Crippen LogP) is 4.48. The van der Waals surface area contributed by atoms with Crippen molar-refractivity contribution in [2.75, 3.05) is 6.54 Å². The maximum Gasteiger partial charge on any atom is 0.241 e. The standard InChI is InChI=1S/C22H25NO4S3/c1-15-7-9-19(10-8-15)29(24,25)21(20-6-5-11-28-20)14-23-30(26,27)22-17(3)12-16(2)13-18(22)4/h5-13,21,23H,14H2,1-4H3/t21-/m0/s1. The lowest BCUT2D eigenvalue weighted by atomic mass is 10.1. The molecule has 1 N–H and O–H groups in total. The Labute approximate surface area is 182 Å². The van der Waals surface area contributed by atoms with Crippen LogP contribution in [0.4, 0.5) is 0 Å². The van der Waals surface area contributed by atoms with Crippen LogP contribution in [0.15, 0.2) is 63.7 Å². The lowest BCUT2D eigenvalue weighted by Crippen LogP contribution is -2.32. The van der Waals surface area contributed by atoms with Gasteiger partial charge in [-0.05, 0) is 62.4 Å². The first-order valence-electron chi connectivity index (χ1n) is 9.44. The highest BCUT2D eigenvalue weighted by molar-refractivity contribution is 7.92. The van der Waals surface area contributed by atoms with Crippen molar-refractivity contribution in [2.45, 2.75) is 42.7 Å². The van der Waals surface area contributed by atoms with Gasteiger partial charge in [-0.1, -0.05) is 41.5 Å². The molecule has 160 valence electrons. The van der Waals surface area contributed by atoms with E-state index in [0.29, 0.717) is 16.0 Å². The van der Waals surface area contributed by atoms with Crippen molar-refractivity contribution in [3.63, 3.8) is 0 Å². The van der Waals surface area contributed by atoms with Gasteiger partial charge in [0, 0.05) is 11.4 Å². The molecule has 0 bridgehead atoms. The summed E-state index contributed by atoms with van der Waals surface area (Å²) >= 11 is 1.30. The van der Waals surface area contributed by atoms with Crippen molar-refractivity contribution >= 4 is 31.2 Å². The van der Waals surface area contributed by atoms with Crippen LogP contribution in [-0.4, -0.2) is 23.4 Å². The molecule has 0 fully saturated rings. The molecule has 1 aromatic heterocycles. The van der Waals surface area contributed by atoms with Gasteiger partial charge in [-0.3, -0.25) is 0 Å². The Morgan fingerprint density at radius 1 is 0.867 bits per heavy atom. The van der Waals surface area contributed by atoms with Crippen molar-refractivity contribution in [1.82, 2.24) is 4.72 Å². The summed E-state index contributed by atoms with van der Waals surface area (Å²) in [5, 5.41) is 0.775. The summed E-state index contributed by atoms with van der Waals surface area (Å²) in [4.78, 5) is 0.967. The van der Waals surface area contributed by atoms with Gasteiger partial charge in [-0.25, -0.2) is 21.6 Å². The monoisotopic (exact) mass is 463 g/mol. The fourth-order valence-corrected chi connectivity index (χ4v) is 7.96. The fourth-order valence-electron chi connectivity index (χ4n) is 3.58. The second-order valence-electron chi connectivity index (χ2n) is 7.44. The number of benzene rings is 2. The Hall–Kier alpha value is -2.00. The average molecular weight is 464 g/mol. The molecule has 0 aliphatic rings. The maximum atomic E-state index is 13.3. The van der Waals surface area contributed by atoms with E-state index in [9.17, 15) is 16.8 Å². The van der Waals surface area contributed by atoms with Gasteiger partial charge >= 0.3 is 0 Å². The molecule has 0 aliphatic heterocycles. The second kappa shape index (κ2) is 8.63. The summed E-state index contributed by atoms with van der Waals surface area (Å²) in [6, 6.07) is 13.7. The van der Waals surface area contributed by atoms with Crippen LogP contribution in [-0.2, 0) is 19.9 Å². The Bertz CT molecular complexity index is 1220. The van der Waals surface area contributed by atoms with Crippen LogP contribution in [0.3, 0.4) is 0 Å². The smallest absolute Gasteiger partial charge is 0.223 e. The topological polar surface area (TPSA) is 80.3 Å². The Morgan fingerprint density at radius 2 is 1.47 bits per heavy atom. The van der Waals surface area contributed by atoms with Crippen LogP contribution in [0.25, 0.3) is 0 Å². The van der Waals surface area contributed by atoms with Crippen LogP contribution < -0.4 is 4.72 Å². The van der Waals surface area contributed by atoms with Crippen LogP contribution in [0.2, 0.25) is 0 Å². The summed E-state index contributed by atoms with van der Waals surface area (Å²) in [5.74, 6) is 0. The average Bonchev–Trinajstić information content (AvgIpc) is 3.15. The third-order valence-electron chi connectivity index (χ3n) is 4.92. The molecule has 1 heterocycles. The van der Waals surface area contributed by atoms with Gasteiger partial charge < -0.3 is 0 Å². The van der Waals surface area contributed by atoms with E-state index in [2.05, 4.69) is 4.72 Å². The molecule has 1 atom stereocenters. The highest BCUT2D eigenvalue weighted by atomic mass is 32.2. The molecule has 0 amide bonds. The number of hydrogen-bond donors (Lipinski definition) is 1. The number of nitrogens with one attached hydrogen (secondary N) is 1. The Morgan fingerprint density at radius 3 is 2.00 bits per heavy atom. The summed E-state index contributed by atoms with van der Waals surface area (Å²) in [5.41, 5.74) is 3.19. The molecule has 0 saturated heterocycles. The summed E-state index contributed by atoms with van der Waals surface area (Å²) < 4.78 is 55.4. The van der Waals surface area contributed by atoms with E-state index in [1.54, 1.807) is 67.8 Å². The largest absolute Gasteiger partial charge is 0.241 e. The highest BCUT2D eigenvalue weighted by Gasteiger charge is 2.32. The maximum absolute atomic E-state index is 13.3. The minimum Gasteiger partial charge on any atom is -0.223 e. The quantitative estimate of drug-likeness (QED) is 0.560. The molecule has 8 heteroatoms. The van der Waals surface area contributed by atoms with Crippen LogP contribution in [0.1, 0.15) is 32.4 Å². The van der Waals surface area contributed by atoms with Gasteiger partial charge in [-0.15, -0.1) is 11.3 Å². The first-order chi connectivity index (χ1) is 14.0. The number of sulfone groups is 1. The van der Waals surface area contributed by atoms with Gasteiger partial charge in [0.2, 0.25) is 10.0 Å². The number of sulfonamides is 1. The normalized spacial score (nSPS) is 13.3. The van der Waals surface area contributed by atoms with Crippen LogP contribution in [0.5, 0.6) is 0 Å². The molecular formula is C22H25NO4S3. The zero-order valence-electron chi connectivity index (χ0n) is 17.3. The van der Waals surface area contributed by atoms with Crippen molar-refractivity contribution in [3.05, 3.63) is 81.0 Å². The van der Waals surface area contributed by atoms with E-state index in [0.717, 1.165) is 11.1 Å². The van der Waals surface area contributed by atoms with Crippen molar-refractivity contribution in [1.29, 1.82) is 0 Å². The molecule has 0 aliphatic carbocycles. The zero-order chi connectivity index (χ0) is 22.1. The van der Waals surface area contributed by atoms with Crippen LogP contribution >= 0.6 is 11.3 Å². The van der Waals surface area contributed by atoms with Gasteiger partial charge in [-0.2, -0.15) is 0 Å². The van der Waals surface area contributed by atoms with Gasteiger partial charge in [0.15, 0.2) is 9.84 Å². The lowest BCUT2D eigenvalue weighted by Gasteiger charge is -2.19. The first kappa shape index (κ1) is 22.7. The van der Waals surface area contributed by atoms with Crippen LogP contribution in [0, 0.1) is 27.7 Å². The van der Waals surface area contributed by atoms with Crippen molar-refractivity contribution in [3.8, 4) is 0 Å². The molecule has 3 aromatic rings. The second-order valence-corrected chi connectivity index (χ2v) is 12.3. The Balaban J connectivity index is 1.97. The molecule has 2 aromatic carbocycles. The molecule has 0 saturated carbocycles. The van der Waals surface area contributed by atoms with E-state index >= 15 is 0 Å². The molecular weight excluding hydrogens is 438 g/mol. The summed E-state index contributed by atoms with van der Waals surface area (Å²) in [7, 11) is -7.67. The van der Waals surface area contributed by atoms with E-state index < -0.39 is 25.1 Å². The molecule has 3 rings (SSSR count). The third kappa shape index (κ3) is 4.67. The van der Waals surface area contributed by atoms with Gasteiger partial charge in [0.05, 0.1) is 9.79 Å². The molecule has 0 spiro atoms. The number of rotatable bonds is 7. The highest BCUT2D eigenvalue weighted by Crippen LogP contribution is 2.32. The number of thiophene rings is 1. The minimum absolute atomic E-state index is 0.174.